The van der Waals surface area contributed by atoms with Gasteiger partial charge in [0.15, 0.2) is 0 Å². The van der Waals surface area contributed by atoms with Crippen LogP contribution in [0.15, 0.2) is 36.4 Å². The first-order valence-corrected chi connectivity index (χ1v) is 11.6. The molecule has 0 spiro atoms. The molecule has 1 aliphatic rings. The van der Waals surface area contributed by atoms with Crippen molar-refractivity contribution in [1.82, 2.24) is 0 Å². The van der Waals surface area contributed by atoms with Crippen LogP contribution in [0, 0.1) is 11.3 Å². The predicted molar refractivity (Wildman–Crippen MR) is 127 cm³/mol. The Balaban J connectivity index is 1.96. The van der Waals surface area contributed by atoms with Crippen molar-refractivity contribution in [2.24, 2.45) is 0 Å². The third-order valence-corrected chi connectivity index (χ3v) is 5.72. The van der Waals surface area contributed by atoms with E-state index in [4.69, 9.17) is 23.7 Å². The van der Waals surface area contributed by atoms with Crippen LogP contribution in [-0.4, -0.2) is 44.5 Å². The maximum atomic E-state index is 11.7. The number of nitrogens with zero attached hydrogens (tertiary/aromatic N) is 1. The lowest BCUT2D eigenvalue weighted by Crippen LogP contribution is -2.37. The lowest BCUT2D eigenvalue weighted by Gasteiger charge is -2.35. The molecule has 0 amide bonds. The zero-order chi connectivity index (χ0) is 25.4. The lowest BCUT2D eigenvalue weighted by atomic mass is 9.91. The molecule has 0 bridgehead atoms. The Hall–Kier alpha value is -3.57. The Morgan fingerprint density at radius 1 is 1.11 bits per heavy atom. The summed E-state index contributed by atoms with van der Waals surface area (Å²) in [6, 6.07) is 13.6. The summed E-state index contributed by atoms with van der Waals surface area (Å²) in [5.74, 6) is 0.511. The van der Waals surface area contributed by atoms with Crippen molar-refractivity contribution in [2.75, 3.05) is 20.3 Å². The molecular weight excluding hydrogens is 450 g/mol. The fourth-order valence-corrected chi connectivity index (χ4v) is 4.21. The monoisotopic (exact) mass is 481 g/mol. The average Bonchev–Trinajstić information content (AvgIpc) is 2.83. The number of rotatable bonds is 9. The van der Waals surface area contributed by atoms with Gasteiger partial charge in [-0.05, 0) is 48.7 Å². The molecule has 0 unspecified atom stereocenters. The van der Waals surface area contributed by atoms with Gasteiger partial charge in [0, 0.05) is 32.3 Å². The second kappa shape index (κ2) is 12.2. The normalized spacial score (nSPS) is 19.3. The van der Waals surface area contributed by atoms with E-state index < -0.39 is 24.3 Å². The quantitative estimate of drug-likeness (QED) is 0.489. The molecule has 8 nitrogen and oxygen atoms in total. The van der Waals surface area contributed by atoms with Crippen LogP contribution in [0.4, 0.5) is 0 Å². The van der Waals surface area contributed by atoms with Crippen molar-refractivity contribution in [2.45, 2.75) is 58.3 Å². The van der Waals surface area contributed by atoms with Crippen LogP contribution in [0.25, 0.3) is 0 Å². The Morgan fingerprint density at radius 2 is 1.86 bits per heavy atom. The van der Waals surface area contributed by atoms with Gasteiger partial charge in [-0.1, -0.05) is 12.1 Å². The number of hydrogen-bond acceptors (Lipinski definition) is 8. The molecule has 0 radical (unpaired) electrons. The molecule has 2 aromatic rings. The fraction of sp³-hybridized carbons (Fsp3) is 0.444. The zero-order valence-electron chi connectivity index (χ0n) is 20.5. The molecule has 186 valence electrons. The Morgan fingerprint density at radius 3 is 2.46 bits per heavy atom. The van der Waals surface area contributed by atoms with Gasteiger partial charge < -0.3 is 23.7 Å². The van der Waals surface area contributed by atoms with Crippen LogP contribution >= 0.6 is 0 Å². The lowest BCUT2D eigenvalue weighted by molar-refractivity contribution is -0.169. The summed E-state index contributed by atoms with van der Waals surface area (Å²) in [5, 5.41) is 9.81. The number of nitriles is 1. The smallest absolute Gasteiger partial charge is 0.302 e. The van der Waals surface area contributed by atoms with E-state index in [1.165, 1.54) is 13.8 Å². The highest BCUT2D eigenvalue weighted by atomic mass is 16.6. The molecule has 1 fully saturated rings. The molecule has 35 heavy (non-hydrogen) atoms. The molecule has 1 heterocycles. The summed E-state index contributed by atoms with van der Waals surface area (Å²) in [7, 11) is 1.61. The van der Waals surface area contributed by atoms with Gasteiger partial charge >= 0.3 is 11.9 Å². The van der Waals surface area contributed by atoms with Crippen molar-refractivity contribution < 1.29 is 33.3 Å². The van der Waals surface area contributed by atoms with Gasteiger partial charge in [-0.15, -0.1) is 0 Å². The number of hydrogen-bond donors (Lipinski definition) is 0. The van der Waals surface area contributed by atoms with E-state index in [-0.39, 0.29) is 12.6 Å². The van der Waals surface area contributed by atoms with Crippen LogP contribution in [0.2, 0.25) is 0 Å². The first-order chi connectivity index (χ1) is 16.8. The van der Waals surface area contributed by atoms with Crippen molar-refractivity contribution in [3.05, 3.63) is 58.7 Å². The molecule has 3 rings (SSSR count). The van der Waals surface area contributed by atoms with Gasteiger partial charge in [0.05, 0.1) is 37.6 Å². The number of carbonyl (C=O) groups excluding carboxylic acids is 2. The Kier molecular flexibility index (Phi) is 9.10. The second-order valence-electron chi connectivity index (χ2n) is 8.37. The summed E-state index contributed by atoms with van der Waals surface area (Å²) in [5.41, 5.74) is 3.12. The molecule has 0 aliphatic carbocycles. The molecule has 0 saturated carbocycles. The van der Waals surface area contributed by atoms with Crippen molar-refractivity contribution in [3.8, 4) is 17.6 Å². The number of esters is 2. The van der Waals surface area contributed by atoms with Crippen molar-refractivity contribution in [1.29, 1.82) is 5.26 Å². The fourth-order valence-electron chi connectivity index (χ4n) is 4.21. The number of methoxy groups -OCH3 is 1. The van der Waals surface area contributed by atoms with Gasteiger partial charge in [0.25, 0.3) is 0 Å². The molecular formula is C27H31NO7. The van der Waals surface area contributed by atoms with E-state index in [1.807, 2.05) is 37.3 Å². The molecule has 3 atom stereocenters. The van der Waals surface area contributed by atoms with Gasteiger partial charge in [-0.2, -0.15) is 5.26 Å². The van der Waals surface area contributed by atoms with Gasteiger partial charge in [0.2, 0.25) is 0 Å². The first kappa shape index (κ1) is 26.0. The topological polar surface area (TPSA) is 104 Å². The van der Waals surface area contributed by atoms with E-state index in [0.29, 0.717) is 37.2 Å². The molecule has 0 N–H and O–H groups in total. The summed E-state index contributed by atoms with van der Waals surface area (Å²) in [6.07, 6.45) is 0.0482. The minimum absolute atomic E-state index is 0.0581. The minimum atomic E-state index is -0.474. The number of benzene rings is 2. The Bertz CT molecular complexity index is 1070. The largest absolute Gasteiger partial charge is 0.497 e. The van der Waals surface area contributed by atoms with E-state index in [0.717, 1.165) is 22.4 Å². The highest BCUT2D eigenvalue weighted by Crippen LogP contribution is 2.39. The molecule has 8 heteroatoms. The molecule has 2 aromatic carbocycles. The van der Waals surface area contributed by atoms with Crippen molar-refractivity contribution in [3.63, 3.8) is 0 Å². The first-order valence-electron chi connectivity index (χ1n) is 11.6. The van der Waals surface area contributed by atoms with Gasteiger partial charge in [-0.25, -0.2) is 0 Å². The third-order valence-electron chi connectivity index (χ3n) is 5.72. The highest BCUT2D eigenvalue weighted by Gasteiger charge is 2.35. The minimum Gasteiger partial charge on any atom is -0.497 e. The van der Waals surface area contributed by atoms with E-state index in [2.05, 4.69) is 6.07 Å². The predicted octanol–water partition coefficient (Wildman–Crippen LogP) is 4.27. The van der Waals surface area contributed by atoms with Crippen LogP contribution < -0.4 is 9.47 Å². The van der Waals surface area contributed by atoms with Crippen LogP contribution in [0.1, 0.15) is 62.0 Å². The van der Waals surface area contributed by atoms with Gasteiger partial charge in [0.1, 0.15) is 24.2 Å². The van der Waals surface area contributed by atoms with E-state index >= 15 is 0 Å². The van der Waals surface area contributed by atoms with Crippen molar-refractivity contribution >= 4 is 11.9 Å². The SMILES string of the molecule is CCOc1cc(C#N)c(Cc2ccc(OC)cc2)cc1[C@H]1C[C@@H](OC(C)=O)C[C@@H](COC(C)=O)O1. The zero-order valence-corrected chi connectivity index (χ0v) is 20.5. The summed E-state index contributed by atoms with van der Waals surface area (Å²) in [4.78, 5) is 23.0. The summed E-state index contributed by atoms with van der Waals surface area (Å²) < 4.78 is 28.1. The Labute approximate surface area is 205 Å². The third kappa shape index (κ3) is 7.20. The second-order valence-corrected chi connectivity index (χ2v) is 8.37. The molecule has 0 aromatic heterocycles. The van der Waals surface area contributed by atoms with Gasteiger partial charge in [-0.3, -0.25) is 9.59 Å². The van der Waals surface area contributed by atoms with Crippen LogP contribution in [0.3, 0.4) is 0 Å². The maximum absolute atomic E-state index is 11.7. The summed E-state index contributed by atoms with van der Waals surface area (Å²) in [6.45, 7) is 5.04. The number of carbonyl (C=O) groups is 2. The average molecular weight is 482 g/mol. The summed E-state index contributed by atoms with van der Waals surface area (Å²) >= 11 is 0. The van der Waals surface area contributed by atoms with Crippen LogP contribution in [0.5, 0.6) is 11.5 Å². The standard InChI is InChI=1S/C27H31NO7/c1-5-32-26-12-21(15-28)20(10-19-6-8-22(31-4)9-7-19)11-25(26)27-14-23(34-18(3)30)13-24(35-27)16-33-17(2)29/h6-9,11-12,23-24,27H,5,10,13-14,16H2,1-4H3/t23-,24-,27+/m0/s1. The molecule has 1 saturated heterocycles. The van der Waals surface area contributed by atoms with E-state index in [1.54, 1.807) is 13.2 Å². The highest BCUT2D eigenvalue weighted by molar-refractivity contribution is 5.66. The van der Waals surface area contributed by atoms with Crippen LogP contribution in [-0.2, 0) is 30.2 Å². The number of ether oxygens (including phenoxy) is 5. The maximum Gasteiger partial charge on any atom is 0.302 e. The molecule has 1 aliphatic heterocycles. The van der Waals surface area contributed by atoms with E-state index in [9.17, 15) is 14.9 Å².